The molecule has 6 rings (SSSR count). The number of aryl methyl sites for hydroxylation is 2. The van der Waals surface area contributed by atoms with Crippen LogP contribution in [0.25, 0.3) is 44.7 Å². The Labute approximate surface area is 220 Å². The summed E-state index contributed by atoms with van der Waals surface area (Å²) < 4.78 is 41.7. The van der Waals surface area contributed by atoms with Gasteiger partial charge in [-0.1, -0.05) is 48.7 Å². The van der Waals surface area contributed by atoms with Crippen LogP contribution in [0.1, 0.15) is 49.6 Å². The average Bonchev–Trinajstić information content (AvgIpc) is 3.48. The number of nitrogens with zero attached hydrogens (tertiary/aromatic N) is 3. The zero-order valence-electron chi connectivity index (χ0n) is 21.7. The second kappa shape index (κ2) is 9.71. The van der Waals surface area contributed by atoms with Crippen molar-refractivity contribution in [3.63, 3.8) is 0 Å². The highest BCUT2D eigenvalue weighted by atomic mass is 19.2. The molecule has 2 aromatic heterocycles. The van der Waals surface area contributed by atoms with Crippen molar-refractivity contribution in [2.24, 2.45) is 0 Å². The minimum Gasteiger partial charge on any atom is -0.496 e. The molecular weight excluding hydrogens is 484 g/mol. The lowest BCUT2D eigenvalue weighted by Gasteiger charge is -2.26. The van der Waals surface area contributed by atoms with Gasteiger partial charge in [0.05, 0.1) is 23.8 Å². The summed E-state index contributed by atoms with van der Waals surface area (Å²) in [7, 11) is 1.59. The van der Waals surface area contributed by atoms with Gasteiger partial charge in [0.15, 0.2) is 11.6 Å². The molecule has 38 heavy (non-hydrogen) atoms. The van der Waals surface area contributed by atoms with E-state index >= 15 is 0 Å². The third-order valence-electron chi connectivity index (χ3n) is 7.65. The summed E-state index contributed by atoms with van der Waals surface area (Å²) in [5.41, 5.74) is 6.76. The highest BCUT2D eigenvalue weighted by Gasteiger charge is 2.26. The maximum atomic E-state index is 14.4. The molecule has 3 aromatic carbocycles. The summed E-state index contributed by atoms with van der Waals surface area (Å²) >= 11 is 0. The molecule has 0 aliphatic heterocycles. The van der Waals surface area contributed by atoms with Gasteiger partial charge in [-0.2, -0.15) is 0 Å². The third kappa shape index (κ3) is 4.06. The molecule has 2 heterocycles. The summed E-state index contributed by atoms with van der Waals surface area (Å²) in [6, 6.07) is 16.3. The Kier molecular flexibility index (Phi) is 6.22. The molecule has 0 saturated heterocycles. The molecule has 1 fully saturated rings. The van der Waals surface area contributed by atoms with E-state index in [1.807, 2.05) is 32.0 Å². The molecule has 194 valence electrons. The molecule has 0 N–H and O–H groups in total. The molecule has 0 radical (unpaired) electrons. The van der Waals surface area contributed by atoms with Gasteiger partial charge in [-0.3, -0.25) is 0 Å². The normalized spacial score (nSPS) is 14.3. The van der Waals surface area contributed by atoms with Gasteiger partial charge >= 0.3 is 0 Å². The first-order valence-corrected chi connectivity index (χ1v) is 13.0. The highest BCUT2D eigenvalue weighted by Crippen LogP contribution is 2.43. The lowest BCUT2D eigenvalue weighted by atomic mass is 9.93. The van der Waals surface area contributed by atoms with Crippen LogP contribution in [0.15, 0.2) is 59.1 Å². The Balaban J connectivity index is 1.62. The lowest BCUT2D eigenvalue weighted by Crippen LogP contribution is -2.14. The van der Waals surface area contributed by atoms with Crippen molar-refractivity contribution >= 4 is 11.0 Å². The fraction of sp³-hybridized carbons (Fsp3) is 0.290. The number of hydrogen-bond acceptors (Lipinski definition) is 4. The summed E-state index contributed by atoms with van der Waals surface area (Å²) in [6.07, 6.45) is 5.68. The van der Waals surface area contributed by atoms with Gasteiger partial charge in [0.2, 0.25) is 0 Å². The Morgan fingerprint density at radius 3 is 2.37 bits per heavy atom. The Morgan fingerprint density at radius 1 is 0.895 bits per heavy atom. The van der Waals surface area contributed by atoms with Crippen LogP contribution in [-0.2, 0) is 0 Å². The summed E-state index contributed by atoms with van der Waals surface area (Å²) in [4.78, 5) is 5.18. The molecule has 7 heteroatoms. The standard InChI is InChI=1S/C31H29F2N3O2/c1-18-29(19(2)38-35-18)21-13-15-27-26(17-21)34-31(36(27)22-8-5-4-6-9-22)23-10-7-11-28(37-3)30(23)20-12-14-24(32)25(33)16-20/h7,10-17,22H,4-6,8-9H2,1-3H3. The van der Waals surface area contributed by atoms with Gasteiger partial charge in [-0.05, 0) is 68.1 Å². The largest absolute Gasteiger partial charge is 0.496 e. The van der Waals surface area contributed by atoms with E-state index in [9.17, 15) is 8.78 Å². The monoisotopic (exact) mass is 513 g/mol. The number of benzene rings is 3. The number of halogens is 2. The molecule has 0 amide bonds. The van der Waals surface area contributed by atoms with Crippen molar-refractivity contribution in [3.8, 4) is 39.4 Å². The van der Waals surface area contributed by atoms with E-state index in [2.05, 4.69) is 27.9 Å². The summed E-state index contributed by atoms with van der Waals surface area (Å²) in [6.45, 7) is 3.85. The summed E-state index contributed by atoms with van der Waals surface area (Å²) in [5, 5.41) is 4.12. The first kappa shape index (κ1) is 24.3. The second-order valence-electron chi connectivity index (χ2n) is 10.0. The number of hydrogen-bond donors (Lipinski definition) is 0. The first-order chi connectivity index (χ1) is 18.5. The van der Waals surface area contributed by atoms with Crippen molar-refractivity contribution in [2.45, 2.75) is 52.0 Å². The van der Waals surface area contributed by atoms with Gasteiger partial charge in [0, 0.05) is 22.7 Å². The van der Waals surface area contributed by atoms with E-state index in [1.54, 1.807) is 13.2 Å². The van der Waals surface area contributed by atoms with E-state index in [1.165, 1.54) is 12.5 Å². The molecule has 1 saturated carbocycles. The van der Waals surface area contributed by atoms with Gasteiger partial charge in [-0.15, -0.1) is 0 Å². The van der Waals surface area contributed by atoms with E-state index in [4.69, 9.17) is 14.2 Å². The Morgan fingerprint density at radius 2 is 1.66 bits per heavy atom. The molecular formula is C31H29F2N3O2. The molecule has 5 nitrogen and oxygen atoms in total. The molecule has 1 aliphatic rings. The number of aromatic nitrogens is 3. The quantitative estimate of drug-likeness (QED) is 0.237. The second-order valence-corrected chi connectivity index (χ2v) is 10.0. The third-order valence-corrected chi connectivity index (χ3v) is 7.65. The SMILES string of the molecule is COc1cccc(-c2nc3cc(-c4c(C)noc4C)ccc3n2C2CCCCC2)c1-c1ccc(F)c(F)c1. The molecule has 0 spiro atoms. The highest BCUT2D eigenvalue weighted by molar-refractivity contribution is 5.91. The van der Waals surface area contributed by atoms with Gasteiger partial charge < -0.3 is 13.8 Å². The topological polar surface area (TPSA) is 53.1 Å². The van der Waals surface area contributed by atoms with Crippen molar-refractivity contribution in [3.05, 3.63) is 77.7 Å². The van der Waals surface area contributed by atoms with Gasteiger partial charge in [0.1, 0.15) is 17.3 Å². The van der Waals surface area contributed by atoms with Gasteiger partial charge in [-0.25, -0.2) is 13.8 Å². The minimum absolute atomic E-state index is 0.290. The van der Waals surface area contributed by atoms with Crippen LogP contribution in [0.2, 0.25) is 0 Å². The van der Waals surface area contributed by atoms with E-state index in [0.29, 0.717) is 16.9 Å². The van der Waals surface area contributed by atoms with Crippen molar-refractivity contribution < 1.29 is 18.0 Å². The van der Waals surface area contributed by atoms with Crippen LogP contribution in [0.3, 0.4) is 0 Å². The van der Waals surface area contributed by atoms with E-state index in [-0.39, 0.29) is 6.04 Å². The predicted octanol–water partition coefficient (Wildman–Crippen LogP) is 8.43. The number of ether oxygens (including phenoxy) is 1. The Bertz CT molecular complexity index is 1630. The van der Waals surface area contributed by atoms with E-state index in [0.717, 1.165) is 76.8 Å². The maximum absolute atomic E-state index is 14.4. The lowest BCUT2D eigenvalue weighted by molar-refractivity contribution is 0.362. The molecule has 5 aromatic rings. The average molecular weight is 514 g/mol. The number of fused-ring (bicyclic) bond motifs is 1. The zero-order chi connectivity index (χ0) is 26.4. The summed E-state index contributed by atoms with van der Waals surface area (Å²) in [5.74, 6) is 0.353. The number of methoxy groups -OCH3 is 1. The van der Waals surface area contributed by atoms with Crippen LogP contribution >= 0.6 is 0 Å². The first-order valence-electron chi connectivity index (χ1n) is 13.0. The Hall–Kier alpha value is -4.00. The molecule has 0 bridgehead atoms. The molecule has 0 unspecified atom stereocenters. The predicted molar refractivity (Wildman–Crippen MR) is 144 cm³/mol. The molecule has 1 aliphatic carbocycles. The zero-order valence-corrected chi connectivity index (χ0v) is 21.7. The van der Waals surface area contributed by atoms with Crippen LogP contribution in [0.5, 0.6) is 5.75 Å². The van der Waals surface area contributed by atoms with Crippen LogP contribution < -0.4 is 4.74 Å². The smallest absolute Gasteiger partial charge is 0.159 e. The fourth-order valence-electron chi connectivity index (χ4n) is 5.89. The maximum Gasteiger partial charge on any atom is 0.159 e. The van der Waals surface area contributed by atoms with Crippen LogP contribution in [0.4, 0.5) is 8.78 Å². The number of rotatable bonds is 5. The van der Waals surface area contributed by atoms with Crippen LogP contribution in [-0.4, -0.2) is 21.8 Å². The van der Waals surface area contributed by atoms with Crippen molar-refractivity contribution in [2.75, 3.05) is 7.11 Å². The fourth-order valence-corrected chi connectivity index (χ4v) is 5.89. The minimum atomic E-state index is -0.899. The van der Waals surface area contributed by atoms with Crippen molar-refractivity contribution in [1.82, 2.24) is 14.7 Å². The molecule has 0 atom stereocenters. The van der Waals surface area contributed by atoms with Crippen molar-refractivity contribution in [1.29, 1.82) is 0 Å². The van der Waals surface area contributed by atoms with Crippen LogP contribution in [0, 0.1) is 25.5 Å². The van der Waals surface area contributed by atoms with E-state index < -0.39 is 11.6 Å². The number of imidazole rings is 1. The van der Waals surface area contributed by atoms with Gasteiger partial charge in [0.25, 0.3) is 0 Å².